The molecule has 1 aromatic heterocycles. The normalized spacial score (nSPS) is 12.5. The number of nitriles is 1. The lowest BCUT2D eigenvalue weighted by molar-refractivity contribution is -0.137. The monoisotopic (exact) mass is 488 g/mol. The van der Waals surface area contributed by atoms with Crippen LogP contribution in [0.5, 0.6) is 0 Å². The number of aromatic nitrogens is 4. The van der Waals surface area contributed by atoms with Gasteiger partial charge in [0.1, 0.15) is 11.6 Å². The molecule has 2 N–H and O–H groups in total. The summed E-state index contributed by atoms with van der Waals surface area (Å²) in [5.74, 6) is -0.151. The van der Waals surface area contributed by atoms with Gasteiger partial charge in [-0.3, -0.25) is 0 Å². The average Bonchev–Trinajstić information content (AvgIpc) is 3.23. The van der Waals surface area contributed by atoms with Crippen molar-refractivity contribution in [1.82, 2.24) is 20.6 Å². The van der Waals surface area contributed by atoms with Crippen molar-refractivity contribution >= 4 is 44.3 Å². The quantitative estimate of drug-likeness (QED) is 0.511. The molecule has 0 radical (unpaired) electrons. The zero-order valence-corrected chi connectivity index (χ0v) is 17.3. The van der Waals surface area contributed by atoms with E-state index in [1.165, 1.54) is 24.3 Å². The number of allylic oxidation sites excluding steroid dienone is 1. The van der Waals surface area contributed by atoms with Crippen LogP contribution >= 0.6 is 23.2 Å². The van der Waals surface area contributed by atoms with Gasteiger partial charge in [0.05, 0.1) is 26.1 Å². The van der Waals surface area contributed by atoms with Gasteiger partial charge in [0, 0.05) is 11.2 Å². The van der Waals surface area contributed by atoms with Crippen LogP contribution in [0.1, 0.15) is 11.4 Å². The fourth-order valence-corrected chi connectivity index (χ4v) is 4.31. The van der Waals surface area contributed by atoms with Crippen LogP contribution in [0.15, 0.2) is 52.4 Å². The van der Waals surface area contributed by atoms with Gasteiger partial charge in [-0.2, -0.15) is 23.6 Å². The summed E-state index contributed by atoms with van der Waals surface area (Å²) >= 11 is 11.5. The number of hydrogen-bond donors (Lipinski definition) is 2. The highest BCUT2D eigenvalue weighted by molar-refractivity contribution is 7.91. The highest BCUT2D eigenvalue weighted by Crippen LogP contribution is 2.40. The van der Waals surface area contributed by atoms with Crippen LogP contribution in [0.4, 0.5) is 18.9 Å². The highest BCUT2D eigenvalue weighted by Gasteiger charge is 2.35. The summed E-state index contributed by atoms with van der Waals surface area (Å²) in [6.07, 6.45) is -3.90. The first kappa shape index (κ1) is 22.5. The average molecular weight is 489 g/mol. The zero-order chi connectivity index (χ0) is 22.8. The van der Waals surface area contributed by atoms with Crippen LogP contribution < -0.4 is 5.32 Å². The number of rotatable bonds is 5. The summed E-state index contributed by atoms with van der Waals surface area (Å²) in [5, 5.41) is 23.7. The predicted molar refractivity (Wildman–Crippen MR) is 105 cm³/mol. The summed E-state index contributed by atoms with van der Waals surface area (Å²) < 4.78 is 66.2. The molecule has 0 spiro atoms. The molecular weight excluding hydrogens is 480 g/mol. The second-order valence-electron chi connectivity index (χ2n) is 5.83. The first-order valence-electron chi connectivity index (χ1n) is 8.06. The molecule has 3 aromatic rings. The third kappa shape index (κ3) is 4.79. The third-order valence-electron chi connectivity index (χ3n) is 3.87. The molecule has 0 amide bonds. The van der Waals surface area contributed by atoms with Gasteiger partial charge in [-0.05, 0) is 41.6 Å². The fraction of sp³-hybridized carbons (Fsp3) is 0.0588. The molecule has 3 rings (SSSR count). The van der Waals surface area contributed by atoms with Gasteiger partial charge in [-0.1, -0.05) is 23.2 Å². The molecule has 0 bridgehead atoms. The first-order valence-corrected chi connectivity index (χ1v) is 10.3. The van der Waals surface area contributed by atoms with E-state index < -0.39 is 37.2 Å². The van der Waals surface area contributed by atoms with Crippen molar-refractivity contribution < 1.29 is 21.6 Å². The smallest absolute Gasteiger partial charge is 0.359 e. The molecule has 31 heavy (non-hydrogen) atoms. The van der Waals surface area contributed by atoms with Gasteiger partial charge in [0.15, 0.2) is 0 Å². The summed E-state index contributed by atoms with van der Waals surface area (Å²) in [7, 11) is -4.31. The van der Waals surface area contributed by atoms with Crippen molar-refractivity contribution in [2.24, 2.45) is 0 Å². The summed E-state index contributed by atoms with van der Waals surface area (Å²) in [5.41, 5.74) is -1.95. The van der Waals surface area contributed by atoms with Gasteiger partial charge in [-0.15, -0.1) is 10.2 Å². The van der Waals surface area contributed by atoms with Gasteiger partial charge in [0.2, 0.25) is 15.7 Å². The Morgan fingerprint density at radius 3 is 2.42 bits per heavy atom. The zero-order valence-electron chi connectivity index (χ0n) is 14.9. The molecule has 2 aromatic carbocycles. The molecule has 0 saturated heterocycles. The molecule has 160 valence electrons. The Morgan fingerprint density at radius 1 is 1.19 bits per heavy atom. The maximum absolute atomic E-state index is 13.3. The summed E-state index contributed by atoms with van der Waals surface area (Å²) in [4.78, 5) is -0.770. The number of nitrogens with one attached hydrogen (secondary N) is 2. The minimum atomic E-state index is -4.86. The SMILES string of the molecule is N#CC(=CNc1cc(C(F)(F)F)c(Cl)cc1S(=O)(=O)c1ccc(Cl)cc1)c1nn[nH]n1. The Balaban J connectivity index is 2.18. The number of alkyl halides is 3. The van der Waals surface area contributed by atoms with Crippen LogP contribution in [0.25, 0.3) is 5.57 Å². The molecule has 14 heteroatoms. The van der Waals surface area contributed by atoms with Crippen molar-refractivity contribution in [3.05, 3.63) is 64.0 Å². The Morgan fingerprint density at radius 2 is 1.87 bits per heavy atom. The van der Waals surface area contributed by atoms with E-state index in [1.807, 2.05) is 0 Å². The molecule has 0 aliphatic rings. The van der Waals surface area contributed by atoms with Gasteiger partial charge >= 0.3 is 6.18 Å². The summed E-state index contributed by atoms with van der Waals surface area (Å²) in [6.45, 7) is 0. The third-order valence-corrected chi connectivity index (χ3v) is 6.24. The fourth-order valence-electron chi connectivity index (χ4n) is 2.42. The molecular formula is C17H9Cl2F3N6O2S. The van der Waals surface area contributed by atoms with E-state index in [9.17, 15) is 26.9 Å². The molecule has 0 fully saturated rings. The van der Waals surface area contributed by atoms with Crippen molar-refractivity contribution in [2.45, 2.75) is 16.0 Å². The van der Waals surface area contributed by atoms with Crippen LogP contribution in [0.3, 0.4) is 0 Å². The van der Waals surface area contributed by atoms with E-state index in [1.54, 1.807) is 6.07 Å². The number of halogens is 5. The Kier molecular flexibility index (Phi) is 6.21. The van der Waals surface area contributed by atoms with Gasteiger partial charge in [0.25, 0.3) is 0 Å². The topological polar surface area (TPSA) is 124 Å². The van der Waals surface area contributed by atoms with E-state index in [4.69, 9.17) is 23.2 Å². The number of tetrazole rings is 1. The van der Waals surface area contributed by atoms with Crippen LogP contribution in [-0.2, 0) is 16.0 Å². The van der Waals surface area contributed by atoms with Crippen LogP contribution in [-0.4, -0.2) is 29.0 Å². The lowest BCUT2D eigenvalue weighted by atomic mass is 10.2. The van der Waals surface area contributed by atoms with Crippen LogP contribution in [0, 0.1) is 11.3 Å². The van der Waals surface area contributed by atoms with Gasteiger partial charge < -0.3 is 5.32 Å². The van der Waals surface area contributed by atoms with E-state index >= 15 is 0 Å². The highest BCUT2D eigenvalue weighted by atomic mass is 35.5. The Labute approximate surface area is 183 Å². The molecule has 0 aliphatic heterocycles. The molecule has 0 atom stereocenters. The second-order valence-corrected chi connectivity index (χ2v) is 8.59. The van der Waals surface area contributed by atoms with Gasteiger partial charge in [-0.25, -0.2) is 8.42 Å². The number of hydrogen-bond acceptors (Lipinski definition) is 7. The number of nitrogens with zero attached hydrogens (tertiary/aromatic N) is 4. The number of H-pyrrole nitrogens is 1. The maximum Gasteiger partial charge on any atom is 0.417 e. The summed E-state index contributed by atoms with van der Waals surface area (Å²) in [6, 6.07) is 7.98. The molecule has 1 heterocycles. The standard InChI is InChI=1S/C17H9Cl2F3N6O2S/c18-10-1-3-11(4-2-10)31(29,30)15-6-13(19)12(17(20,21)22)5-14(15)24-8-9(7-23)16-25-27-28-26-16/h1-6,8,24H,(H,25,26,27,28). The van der Waals surface area contributed by atoms with Crippen molar-refractivity contribution in [3.8, 4) is 6.07 Å². The molecule has 0 unspecified atom stereocenters. The Bertz CT molecular complexity index is 1290. The first-order chi connectivity index (χ1) is 14.5. The number of sulfone groups is 1. The molecule has 0 aliphatic carbocycles. The van der Waals surface area contributed by atoms with Crippen molar-refractivity contribution in [2.75, 3.05) is 5.32 Å². The number of benzene rings is 2. The lowest BCUT2D eigenvalue weighted by Gasteiger charge is -2.16. The minimum Gasteiger partial charge on any atom is -0.359 e. The lowest BCUT2D eigenvalue weighted by Crippen LogP contribution is -2.11. The predicted octanol–water partition coefficient (Wildman–Crippen LogP) is 4.33. The van der Waals surface area contributed by atoms with E-state index in [-0.39, 0.29) is 21.3 Å². The largest absolute Gasteiger partial charge is 0.417 e. The van der Waals surface area contributed by atoms with Crippen molar-refractivity contribution in [1.29, 1.82) is 5.26 Å². The number of aromatic amines is 1. The second kappa shape index (κ2) is 8.54. The molecule has 0 saturated carbocycles. The minimum absolute atomic E-state index is 0.151. The number of anilines is 1. The van der Waals surface area contributed by atoms with E-state index in [0.29, 0.717) is 12.1 Å². The van der Waals surface area contributed by atoms with Crippen LogP contribution in [0.2, 0.25) is 10.0 Å². The van der Waals surface area contributed by atoms with E-state index in [2.05, 4.69) is 25.9 Å². The Hall–Kier alpha value is -3.14. The molecule has 8 nitrogen and oxygen atoms in total. The maximum atomic E-state index is 13.3. The van der Waals surface area contributed by atoms with E-state index in [0.717, 1.165) is 6.20 Å². The van der Waals surface area contributed by atoms with Crippen molar-refractivity contribution in [3.63, 3.8) is 0 Å².